The normalized spacial score (nSPS) is 12.1. The lowest BCUT2D eigenvalue weighted by molar-refractivity contribution is -0.121. The monoisotopic (exact) mass is 279 g/mol. The molecule has 1 heterocycles. The number of nitrogens with one attached hydrogen (secondary N) is 3. The van der Waals surface area contributed by atoms with Crippen LogP contribution in [0.1, 0.15) is 34.1 Å². The van der Waals surface area contributed by atoms with Crippen molar-refractivity contribution in [3.8, 4) is 0 Å². The Morgan fingerprint density at radius 3 is 2.75 bits per heavy atom. The number of carbonyl (C=O) groups is 1. The van der Waals surface area contributed by atoms with E-state index in [0.29, 0.717) is 24.2 Å². The van der Waals surface area contributed by atoms with E-state index in [1.807, 2.05) is 6.92 Å². The number of hydrogen-bond acceptors (Lipinski definition) is 5. The minimum Gasteiger partial charge on any atom is -0.358 e. The summed E-state index contributed by atoms with van der Waals surface area (Å²) in [5.41, 5.74) is 0. The molecule has 112 valence electrons. The Balaban J connectivity index is 2.52. The van der Waals surface area contributed by atoms with Crippen LogP contribution < -0.4 is 16.0 Å². The van der Waals surface area contributed by atoms with E-state index in [1.165, 1.54) is 0 Å². The van der Waals surface area contributed by atoms with Crippen molar-refractivity contribution in [1.29, 1.82) is 0 Å². The number of anilines is 2. The summed E-state index contributed by atoms with van der Waals surface area (Å²) in [6.07, 6.45) is 2.68. The fraction of sp³-hybridized carbons (Fsp3) is 0.643. The van der Waals surface area contributed by atoms with Crippen molar-refractivity contribution in [2.24, 2.45) is 5.92 Å². The molecule has 0 radical (unpaired) electrons. The summed E-state index contributed by atoms with van der Waals surface area (Å²) in [6.45, 7) is 9.53. The lowest BCUT2D eigenvalue weighted by Gasteiger charge is -2.16. The zero-order valence-corrected chi connectivity index (χ0v) is 12.7. The highest BCUT2D eigenvalue weighted by Crippen LogP contribution is 2.07. The van der Waals surface area contributed by atoms with Crippen molar-refractivity contribution in [2.45, 2.75) is 40.2 Å². The Morgan fingerprint density at radius 1 is 1.35 bits per heavy atom. The summed E-state index contributed by atoms with van der Waals surface area (Å²) < 4.78 is 0. The molecule has 1 aromatic rings. The van der Waals surface area contributed by atoms with Crippen molar-refractivity contribution in [1.82, 2.24) is 15.3 Å². The number of carbonyl (C=O) groups excluding carboxylic acids is 1. The van der Waals surface area contributed by atoms with E-state index in [1.54, 1.807) is 12.3 Å². The number of rotatable bonds is 8. The molecule has 0 saturated carbocycles. The third-order valence-electron chi connectivity index (χ3n) is 2.63. The van der Waals surface area contributed by atoms with E-state index in [0.717, 1.165) is 13.0 Å². The number of aromatic nitrogens is 2. The smallest absolute Gasteiger partial charge is 0.242 e. The molecule has 1 atom stereocenters. The van der Waals surface area contributed by atoms with Crippen LogP contribution in [0, 0.1) is 5.92 Å². The van der Waals surface area contributed by atoms with Gasteiger partial charge in [-0.25, -0.2) is 4.98 Å². The standard InChI is InChI=1S/C14H25N5O/c1-5-7-15-14-16-8-6-12(19-14)18-11(4)13(20)17-9-10(2)3/h6,8,10-11H,5,7,9H2,1-4H3,(H,17,20)(H2,15,16,18,19). The molecule has 6 nitrogen and oxygen atoms in total. The van der Waals surface area contributed by atoms with Gasteiger partial charge in [0.1, 0.15) is 11.9 Å². The Labute approximate surface area is 120 Å². The summed E-state index contributed by atoms with van der Waals surface area (Å²) in [5, 5.41) is 9.08. The molecule has 0 aliphatic rings. The van der Waals surface area contributed by atoms with E-state index in [9.17, 15) is 4.79 Å². The fourth-order valence-electron chi connectivity index (χ4n) is 1.51. The van der Waals surface area contributed by atoms with Gasteiger partial charge in [-0.3, -0.25) is 4.79 Å². The van der Waals surface area contributed by atoms with Crippen molar-refractivity contribution < 1.29 is 4.79 Å². The van der Waals surface area contributed by atoms with Gasteiger partial charge in [0.2, 0.25) is 11.9 Å². The molecule has 1 unspecified atom stereocenters. The maximum absolute atomic E-state index is 11.9. The number of amides is 1. The zero-order chi connectivity index (χ0) is 15.0. The van der Waals surface area contributed by atoms with Crippen LogP contribution in [0.3, 0.4) is 0 Å². The summed E-state index contributed by atoms with van der Waals surface area (Å²) in [7, 11) is 0. The SMILES string of the molecule is CCCNc1nccc(NC(C)C(=O)NCC(C)C)n1. The number of hydrogen-bond donors (Lipinski definition) is 3. The molecular formula is C14H25N5O. The van der Waals surface area contributed by atoms with Gasteiger partial charge in [0, 0.05) is 19.3 Å². The van der Waals surface area contributed by atoms with Gasteiger partial charge < -0.3 is 16.0 Å². The Hall–Kier alpha value is -1.85. The minimum atomic E-state index is -0.331. The van der Waals surface area contributed by atoms with Gasteiger partial charge in [-0.15, -0.1) is 0 Å². The first-order valence-electron chi connectivity index (χ1n) is 7.14. The molecule has 0 fully saturated rings. The molecule has 20 heavy (non-hydrogen) atoms. The first kappa shape index (κ1) is 16.2. The van der Waals surface area contributed by atoms with Crippen LogP contribution in [-0.4, -0.2) is 35.0 Å². The van der Waals surface area contributed by atoms with Crippen molar-refractivity contribution in [3.63, 3.8) is 0 Å². The van der Waals surface area contributed by atoms with Gasteiger partial charge in [0.15, 0.2) is 0 Å². The Morgan fingerprint density at radius 2 is 2.10 bits per heavy atom. The van der Waals surface area contributed by atoms with E-state index >= 15 is 0 Å². The Bertz CT molecular complexity index is 422. The van der Waals surface area contributed by atoms with Crippen LogP contribution in [-0.2, 0) is 4.79 Å². The van der Waals surface area contributed by atoms with E-state index in [4.69, 9.17) is 0 Å². The average Bonchev–Trinajstić information content (AvgIpc) is 2.42. The molecule has 0 aliphatic heterocycles. The lowest BCUT2D eigenvalue weighted by Crippen LogP contribution is -2.39. The summed E-state index contributed by atoms with van der Waals surface area (Å²) in [4.78, 5) is 20.3. The van der Waals surface area contributed by atoms with Gasteiger partial charge in [0.25, 0.3) is 0 Å². The quantitative estimate of drug-likeness (QED) is 0.677. The van der Waals surface area contributed by atoms with Crippen LogP contribution in [0.15, 0.2) is 12.3 Å². The maximum atomic E-state index is 11.9. The third kappa shape index (κ3) is 5.86. The molecular weight excluding hydrogens is 254 g/mol. The first-order chi connectivity index (χ1) is 9.52. The molecule has 0 aromatic carbocycles. The second kappa shape index (κ2) is 8.35. The molecule has 1 aromatic heterocycles. The van der Waals surface area contributed by atoms with Crippen LogP contribution >= 0.6 is 0 Å². The lowest BCUT2D eigenvalue weighted by atomic mass is 10.2. The summed E-state index contributed by atoms with van der Waals surface area (Å²) in [5.74, 6) is 1.63. The summed E-state index contributed by atoms with van der Waals surface area (Å²) >= 11 is 0. The van der Waals surface area contributed by atoms with Crippen LogP contribution in [0.5, 0.6) is 0 Å². The van der Waals surface area contributed by atoms with Gasteiger partial charge in [-0.2, -0.15) is 4.98 Å². The van der Waals surface area contributed by atoms with E-state index < -0.39 is 0 Å². The maximum Gasteiger partial charge on any atom is 0.242 e. The van der Waals surface area contributed by atoms with Gasteiger partial charge in [-0.1, -0.05) is 20.8 Å². The largest absolute Gasteiger partial charge is 0.358 e. The molecule has 0 bridgehead atoms. The van der Waals surface area contributed by atoms with Crippen LogP contribution in [0.4, 0.5) is 11.8 Å². The molecule has 0 spiro atoms. The van der Waals surface area contributed by atoms with Gasteiger partial charge in [0.05, 0.1) is 0 Å². The molecule has 0 saturated heterocycles. The van der Waals surface area contributed by atoms with E-state index in [-0.39, 0.29) is 11.9 Å². The average molecular weight is 279 g/mol. The van der Waals surface area contributed by atoms with Crippen LogP contribution in [0.2, 0.25) is 0 Å². The molecule has 1 rings (SSSR count). The minimum absolute atomic E-state index is 0.0274. The second-order valence-corrected chi connectivity index (χ2v) is 5.20. The second-order valence-electron chi connectivity index (χ2n) is 5.20. The molecule has 3 N–H and O–H groups in total. The molecule has 1 amide bonds. The van der Waals surface area contributed by atoms with Gasteiger partial charge >= 0.3 is 0 Å². The highest BCUT2D eigenvalue weighted by molar-refractivity contribution is 5.83. The molecule has 6 heteroatoms. The Kier molecular flexibility index (Phi) is 6.76. The van der Waals surface area contributed by atoms with Crippen LogP contribution in [0.25, 0.3) is 0 Å². The zero-order valence-electron chi connectivity index (χ0n) is 12.7. The third-order valence-corrected chi connectivity index (χ3v) is 2.63. The highest BCUT2D eigenvalue weighted by Gasteiger charge is 2.13. The van der Waals surface area contributed by atoms with Gasteiger partial charge in [-0.05, 0) is 25.3 Å². The molecule has 0 aliphatic carbocycles. The number of nitrogens with zero attached hydrogens (tertiary/aromatic N) is 2. The predicted octanol–water partition coefficient (Wildman–Crippen LogP) is 1.87. The first-order valence-corrected chi connectivity index (χ1v) is 7.14. The predicted molar refractivity (Wildman–Crippen MR) is 81.7 cm³/mol. The van der Waals surface area contributed by atoms with Crippen molar-refractivity contribution >= 4 is 17.7 Å². The topological polar surface area (TPSA) is 78.9 Å². The highest BCUT2D eigenvalue weighted by atomic mass is 16.2. The van der Waals surface area contributed by atoms with Crippen molar-refractivity contribution in [2.75, 3.05) is 23.7 Å². The van der Waals surface area contributed by atoms with Crippen molar-refractivity contribution in [3.05, 3.63) is 12.3 Å². The fourth-order valence-corrected chi connectivity index (χ4v) is 1.51. The van der Waals surface area contributed by atoms with E-state index in [2.05, 4.69) is 46.7 Å². The summed E-state index contributed by atoms with van der Waals surface area (Å²) in [6, 6.07) is 1.42.